The molecule has 1 aliphatic rings. The minimum absolute atomic E-state index is 0.00329. The lowest BCUT2D eigenvalue weighted by atomic mass is 9.88. The van der Waals surface area contributed by atoms with Gasteiger partial charge >= 0.3 is 0 Å². The van der Waals surface area contributed by atoms with E-state index in [9.17, 15) is 5.11 Å². The number of rotatable bonds is 4. The third-order valence-electron chi connectivity index (χ3n) is 5.42. The van der Waals surface area contributed by atoms with Crippen molar-refractivity contribution < 1.29 is 5.11 Å². The lowest BCUT2D eigenvalue weighted by Gasteiger charge is -2.24. The van der Waals surface area contributed by atoms with Gasteiger partial charge in [0.05, 0.1) is 6.10 Å². The minimum atomic E-state index is -0.385. The lowest BCUT2D eigenvalue weighted by Crippen LogP contribution is -2.29. The Morgan fingerprint density at radius 3 is 2.26 bits per heavy atom. The normalized spacial score (nSPS) is 23.9. The Morgan fingerprint density at radius 1 is 1.26 bits per heavy atom. The van der Waals surface area contributed by atoms with Gasteiger partial charge in [-0.25, -0.2) is 0 Å². The predicted molar refractivity (Wildman–Crippen MR) is 83.0 cm³/mol. The molecule has 2 unspecified atom stereocenters. The molecule has 0 radical (unpaired) electrons. The first-order valence-electron chi connectivity index (χ1n) is 6.87. The van der Waals surface area contributed by atoms with Crippen molar-refractivity contribution in [2.45, 2.75) is 39.7 Å². The third-order valence-corrected chi connectivity index (χ3v) is 5.91. The fraction of sp³-hybridized carbons (Fsp3) is 0.625. The highest BCUT2D eigenvalue weighted by Crippen LogP contribution is 2.70. The Bertz CT molecular complexity index is 456. The van der Waals surface area contributed by atoms with Crippen molar-refractivity contribution in [2.24, 2.45) is 22.5 Å². The van der Waals surface area contributed by atoms with Crippen LogP contribution >= 0.6 is 15.9 Å². The zero-order valence-electron chi connectivity index (χ0n) is 12.2. The summed E-state index contributed by atoms with van der Waals surface area (Å²) in [6.45, 7) is 9.40. The molecule has 0 saturated heterocycles. The molecule has 2 rings (SSSR count). The quantitative estimate of drug-likeness (QED) is 0.889. The molecule has 1 fully saturated rings. The largest absolute Gasteiger partial charge is 0.392 e. The van der Waals surface area contributed by atoms with Crippen molar-refractivity contribution in [2.75, 3.05) is 6.54 Å². The number of aliphatic hydroxyl groups excluding tert-OH is 1. The predicted octanol–water partition coefficient (Wildman–Crippen LogP) is 3.53. The number of halogens is 1. The van der Waals surface area contributed by atoms with Crippen LogP contribution in [0.5, 0.6) is 0 Å². The van der Waals surface area contributed by atoms with Crippen LogP contribution in [-0.4, -0.2) is 17.8 Å². The molecular formula is C16H24BrNO. The van der Waals surface area contributed by atoms with Gasteiger partial charge in [0.2, 0.25) is 0 Å². The topological polar surface area (TPSA) is 46.2 Å². The van der Waals surface area contributed by atoms with Gasteiger partial charge in [0, 0.05) is 16.9 Å². The molecule has 1 aromatic rings. The summed E-state index contributed by atoms with van der Waals surface area (Å²) in [7, 11) is 0. The van der Waals surface area contributed by atoms with Crippen LogP contribution in [0.25, 0.3) is 0 Å². The Balaban J connectivity index is 2.25. The summed E-state index contributed by atoms with van der Waals surface area (Å²) >= 11 is 3.48. The molecular weight excluding hydrogens is 302 g/mol. The fourth-order valence-electron chi connectivity index (χ4n) is 3.54. The summed E-state index contributed by atoms with van der Waals surface area (Å²) in [5.74, 6) is 0.302. The number of aliphatic hydroxyl groups is 1. The van der Waals surface area contributed by atoms with Crippen molar-refractivity contribution in [1.82, 2.24) is 0 Å². The Kier molecular flexibility index (Phi) is 3.85. The molecule has 1 aliphatic carbocycles. The fourth-order valence-corrected chi connectivity index (χ4v) is 3.96. The van der Waals surface area contributed by atoms with Gasteiger partial charge in [-0.1, -0.05) is 55.8 Å². The summed E-state index contributed by atoms with van der Waals surface area (Å²) in [5.41, 5.74) is 7.38. The highest BCUT2D eigenvalue weighted by Gasteiger charge is 2.67. The van der Waals surface area contributed by atoms with Gasteiger partial charge in [0.15, 0.2) is 0 Å². The number of nitrogens with two attached hydrogens (primary N) is 1. The molecule has 0 aliphatic heterocycles. The smallest absolute Gasteiger partial charge is 0.0659 e. The van der Waals surface area contributed by atoms with Crippen LogP contribution in [0.3, 0.4) is 0 Å². The molecule has 1 saturated carbocycles. The molecule has 3 heteroatoms. The molecule has 0 spiro atoms. The summed E-state index contributed by atoms with van der Waals surface area (Å²) < 4.78 is 1.03. The van der Waals surface area contributed by atoms with Gasteiger partial charge in [-0.15, -0.1) is 0 Å². The first kappa shape index (κ1) is 15.0. The Hall–Kier alpha value is -0.380. The SMILES string of the molecule is CC1(C)C(C(O)C(CN)c2cccc(Br)c2)C1(C)C. The maximum absolute atomic E-state index is 10.8. The summed E-state index contributed by atoms with van der Waals surface area (Å²) in [5, 5.41) is 10.8. The highest BCUT2D eigenvalue weighted by atomic mass is 79.9. The van der Waals surface area contributed by atoms with Crippen LogP contribution in [0.15, 0.2) is 28.7 Å². The first-order chi connectivity index (χ1) is 8.73. The molecule has 2 atom stereocenters. The lowest BCUT2D eigenvalue weighted by molar-refractivity contribution is 0.102. The maximum atomic E-state index is 10.8. The van der Waals surface area contributed by atoms with Gasteiger partial charge in [-0.05, 0) is 34.4 Å². The number of benzene rings is 1. The second-order valence-corrected chi connectivity index (χ2v) is 7.72. The van der Waals surface area contributed by atoms with Crippen molar-refractivity contribution >= 4 is 15.9 Å². The van der Waals surface area contributed by atoms with E-state index in [1.807, 2.05) is 18.2 Å². The summed E-state index contributed by atoms with van der Waals surface area (Å²) in [6.07, 6.45) is -0.385. The van der Waals surface area contributed by atoms with Crippen LogP contribution in [-0.2, 0) is 0 Å². The van der Waals surface area contributed by atoms with Gasteiger partial charge in [0.25, 0.3) is 0 Å². The Morgan fingerprint density at radius 2 is 1.84 bits per heavy atom. The van der Waals surface area contributed by atoms with E-state index in [-0.39, 0.29) is 22.9 Å². The standard InChI is InChI=1S/C16H24BrNO/c1-15(2)14(16(15,3)4)13(19)12(9-18)10-6-5-7-11(17)8-10/h5-8,12-14,19H,9,18H2,1-4H3. The minimum Gasteiger partial charge on any atom is -0.392 e. The third kappa shape index (κ3) is 2.37. The number of hydrogen-bond acceptors (Lipinski definition) is 2. The Labute approximate surface area is 124 Å². The van der Waals surface area contributed by atoms with E-state index in [0.717, 1.165) is 10.0 Å². The van der Waals surface area contributed by atoms with Crippen LogP contribution in [0.2, 0.25) is 0 Å². The van der Waals surface area contributed by atoms with Crippen molar-refractivity contribution in [3.05, 3.63) is 34.3 Å². The summed E-state index contributed by atoms with van der Waals surface area (Å²) in [6, 6.07) is 8.10. The molecule has 0 aromatic heterocycles. The van der Waals surface area contributed by atoms with Gasteiger partial charge in [-0.3, -0.25) is 0 Å². The second-order valence-electron chi connectivity index (χ2n) is 6.81. The average Bonchev–Trinajstić information content (AvgIpc) is 2.70. The monoisotopic (exact) mass is 325 g/mol. The molecule has 1 aromatic carbocycles. The van der Waals surface area contributed by atoms with Gasteiger partial charge < -0.3 is 10.8 Å². The van der Waals surface area contributed by atoms with E-state index >= 15 is 0 Å². The average molecular weight is 326 g/mol. The van der Waals surface area contributed by atoms with Crippen molar-refractivity contribution in [3.63, 3.8) is 0 Å². The van der Waals surface area contributed by atoms with Crippen LogP contribution < -0.4 is 5.73 Å². The number of hydrogen-bond donors (Lipinski definition) is 2. The summed E-state index contributed by atoms with van der Waals surface area (Å²) in [4.78, 5) is 0. The van der Waals surface area contributed by atoms with E-state index < -0.39 is 0 Å². The molecule has 3 N–H and O–H groups in total. The zero-order chi connectivity index (χ0) is 14.4. The van der Waals surface area contributed by atoms with Crippen LogP contribution in [0.4, 0.5) is 0 Å². The molecule has 19 heavy (non-hydrogen) atoms. The van der Waals surface area contributed by atoms with Gasteiger partial charge in [0.1, 0.15) is 0 Å². The van der Waals surface area contributed by atoms with E-state index in [2.05, 4.69) is 49.7 Å². The van der Waals surface area contributed by atoms with E-state index in [0.29, 0.717) is 12.5 Å². The maximum Gasteiger partial charge on any atom is 0.0659 e. The van der Waals surface area contributed by atoms with E-state index in [1.54, 1.807) is 0 Å². The van der Waals surface area contributed by atoms with Crippen molar-refractivity contribution in [1.29, 1.82) is 0 Å². The highest BCUT2D eigenvalue weighted by molar-refractivity contribution is 9.10. The van der Waals surface area contributed by atoms with E-state index in [4.69, 9.17) is 5.73 Å². The van der Waals surface area contributed by atoms with Crippen molar-refractivity contribution in [3.8, 4) is 0 Å². The molecule has 106 valence electrons. The molecule has 0 amide bonds. The van der Waals surface area contributed by atoms with Crippen LogP contribution in [0.1, 0.15) is 39.2 Å². The second kappa shape index (κ2) is 4.87. The first-order valence-corrected chi connectivity index (χ1v) is 7.66. The van der Waals surface area contributed by atoms with E-state index in [1.165, 1.54) is 0 Å². The van der Waals surface area contributed by atoms with Gasteiger partial charge in [-0.2, -0.15) is 0 Å². The zero-order valence-corrected chi connectivity index (χ0v) is 13.7. The molecule has 0 bridgehead atoms. The molecule has 2 nitrogen and oxygen atoms in total. The molecule has 0 heterocycles. The van der Waals surface area contributed by atoms with Crippen LogP contribution in [0, 0.1) is 16.7 Å².